The number of urea groups is 1. The van der Waals surface area contributed by atoms with Crippen molar-refractivity contribution in [2.45, 2.75) is 38.2 Å². The van der Waals surface area contributed by atoms with Gasteiger partial charge in [-0.3, -0.25) is 0 Å². The van der Waals surface area contributed by atoms with Crippen molar-refractivity contribution in [1.29, 1.82) is 0 Å². The third kappa shape index (κ3) is 6.22. The maximum atomic E-state index is 12.9. The lowest BCUT2D eigenvalue weighted by Crippen LogP contribution is -2.32. The largest absolute Gasteiger partial charge is 0.416 e. The first-order chi connectivity index (χ1) is 14.5. The lowest BCUT2D eigenvalue weighted by Gasteiger charge is -2.26. The highest BCUT2D eigenvalue weighted by Crippen LogP contribution is 2.37. The Labute approximate surface area is 173 Å². The minimum atomic E-state index is -5.00. The molecule has 2 heterocycles. The van der Waals surface area contributed by atoms with E-state index < -0.39 is 35.2 Å². The van der Waals surface area contributed by atoms with Gasteiger partial charge in [-0.25, -0.2) is 14.8 Å². The van der Waals surface area contributed by atoms with E-state index in [2.05, 4.69) is 15.3 Å². The van der Waals surface area contributed by atoms with E-state index in [9.17, 15) is 31.1 Å². The number of nitrogens with zero attached hydrogens (tertiary/aromatic N) is 3. The summed E-state index contributed by atoms with van der Waals surface area (Å²) in [5, 5.41) is 4.38. The molecule has 0 atom stereocenters. The number of carbonyl (C=O) groups is 1. The van der Waals surface area contributed by atoms with E-state index in [0.29, 0.717) is 23.8 Å². The minimum Gasteiger partial charge on any atom is -0.341 e. The summed E-state index contributed by atoms with van der Waals surface area (Å²) in [5.41, 5.74) is -3.21. The third-order valence-electron chi connectivity index (χ3n) is 4.62. The standard InChI is InChI=1S/C19H19F6N5O/c20-18(21,22)12-8-13(19(23,24)25)10-15(9-12)29-17(31)27-11-14-4-5-26-16(28-14)30-6-2-1-3-7-30/h4-5,8-10H,1-3,6-7,11H2,(H2,27,29,31). The zero-order valence-electron chi connectivity index (χ0n) is 16.1. The SMILES string of the molecule is O=C(NCc1ccnc(N2CCCCC2)n1)Nc1cc(C(F)(F)F)cc(C(F)(F)F)c1. The van der Waals surface area contributed by atoms with Gasteiger partial charge in [0, 0.05) is 25.0 Å². The highest BCUT2D eigenvalue weighted by Gasteiger charge is 2.37. The fourth-order valence-electron chi connectivity index (χ4n) is 3.10. The molecule has 0 unspecified atom stereocenters. The molecule has 1 aliphatic rings. The maximum absolute atomic E-state index is 12.9. The monoisotopic (exact) mass is 447 g/mol. The van der Waals surface area contributed by atoms with E-state index in [0.717, 1.165) is 32.4 Å². The fraction of sp³-hybridized carbons (Fsp3) is 0.421. The molecular formula is C19H19F6N5O. The number of aromatic nitrogens is 2. The molecule has 2 aromatic rings. The van der Waals surface area contributed by atoms with Crippen molar-refractivity contribution in [2.75, 3.05) is 23.3 Å². The van der Waals surface area contributed by atoms with Crippen molar-refractivity contribution in [3.63, 3.8) is 0 Å². The molecule has 1 fully saturated rings. The summed E-state index contributed by atoms with van der Waals surface area (Å²) >= 11 is 0. The van der Waals surface area contributed by atoms with Crippen molar-refractivity contribution < 1.29 is 31.1 Å². The molecule has 0 aliphatic carbocycles. The van der Waals surface area contributed by atoms with E-state index in [1.807, 2.05) is 10.2 Å². The lowest BCUT2D eigenvalue weighted by atomic mass is 10.1. The van der Waals surface area contributed by atoms with Gasteiger partial charge in [0.15, 0.2) is 0 Å². The first kappa shape index (κ1) is 22.6. The van der Waals surface area contributed by atoms with Crippen molar-refractivity contribution in [3.8, 4) is 0 Å². The third-order valence-corrected chi connectivity index (χ3v) is 4.62. The van der Waals surface area contributed by atoms with E-state index in [4.69, 9.17) is 0 Å². The lowest BCUT2D eigenvalue weighted by molar-refractivity contribution is -0.143. The normalized spacial score (nSPS) is 15.0. The zero-order valence-corrected chi connectivity index (χ0v) is 16.1. The zero-order chi connectivity index (χ0) is 22.6. The Bertz CT molecular complexity index is 892. The molecule has 1 saturated heterocycles. The Balaban J connectivity index is 1.67. The number of halogens is 6. The van der Waals surface area contributed by atoms with Gasteiger partial charge in [-0.2, -0.15) is 26.3 Å². The Hall–Kier alpha value is -3.05. The van der Waals surface area contributed by atoms with Crippen LogP contribution in [-0.4, -0.2) is 29.1 Å². The average molecular weight is 447 g/mol. The van der Waals surface area contributed by atoms with Gasteiger partial charge in [0.25, 0.3) is 0 Å². The minimum absolute atomic E-state index is 0.00784. The summed E-state index contributed by atoms with van der Waals surface area (Å²) in [6.07, 6.45) is -5.31. The first-order valence-electron chi connectivity index (χ1n) is 9.43. The smallest absolute Gasteiger partial charge is 0.341 e. The quantitative estimate of drug-likeness (QED) is 0.659. The Morgan fingerprint density at radius 2 is 1.58 bits per heavy atom. The topological polar surface area (TPSA) is 70.2 Å². The van der Waals surface area contributed by atoms with Gasteiger partial charge in [0.1, 0.15) is 0 Å². The van der Waals surface area contributed by atoms with Gasteiger partial charge in [-0.05, 0) is 43.5 Å². The van der Waals surface area contributed by atoms with Crippen LogP contribution in [0.3, 0.4) is 0 Å². The number of hydrogen-bond donors (Lipinski definition) is 2. The summed E-state index contributed by atoms with van der Waals surface area (Å²) in [7, 11) is 0. The van der Waals surface area contributed by atoms with Crippen LogP contribution in [0.5, 0.6) is 0 Å². The molecule has 0 bridgehead atoms. The van der Waals surface area contributed by atoms with Crippen molar-refractivity contribution in [2.24, 2.45) is 0 Å². The number of rotatable bonds is 4. The maximum Gasteiger partial charge on any atom is 0.416 e. The van der Waals surface area contributed by atoms with E-state index in [-0.39, 0.29) is 12.6 Å². The second-order valence-corrected chi connectivity index (χ2v) is 7.00. The van der Waals surface area contributed by atoms with E-state index in [1.165, 1.54) is 6.20 Å². The van der Waals surface area contributed by atoms with Crippen LogP contribution in [0.25, 0.3) is 0 Å². The van der Waals surface area contributed by atoms with Crippen LogP contribution < -0.4 is 15.5 Å². The number of nitrogens with one attached hydrogen (secondary N) is 2. The van der Waals surface area contributed by atoms with Gasteiger partial charge >= 0.3 is 18.4 Å². The molecule has 12 heteroatoms. The predicted molar refractivity (Wildman–Crippen MR) is 100 cm³/mol. The highest BCUT2D eigenvalue weighted by atomic mass is 19.4. The van der Waals surface area contributed by atoms with Crippen LogP contribution in [-0.2, 0) is 18.9 Å². The van der Waals surface area contributed by atoms with Gasteiger partial charge in [-0.1, -0.05) is 0 Å². The molecule has 0 radical (unpaired) electrons. The molecular weight excluding hydrogens is 428 g/mol. The number of anilines is 2. The summed E-state index contributed by atoms with van der Waals surface area (Å²) < 4.78 is 77.5. The van der Waals surface area contributed by atoms with Crippen molar-refractivity contribution in [3.05, 3.63) is 47.3 Å². The Kier molecular flexibility index (Phi) is 6.56. The van der Waals surface area contributed by atoms with Gasteiger partial charge in [0.2, 0.25) is 5.95 Å². The van der Waals surface area contributed by atoms with Crippen LogP contribution in [0.2, 0.25) is 0 Å². The van der Waals surface area contributed by atoms with Gasteiger partial charge in [-0.15, -0.1) is 0 Å². The number of amides is 2. The Morgan fingerprint density at radius 3 is 2.16 bits per heavy atom. The average Bonchev–Trinajstić information content (AvgIpc) is 2.72. The number of alkyl halides is 6. The summed E-state index contributed by atoms with van der Waals surface area (Å²) in [4.78, 5) is 22.6. The van der Waals surface area contributed by atoms with Gasteiger partial charge < -0.3 is 15.5 Å². The molecule has 6 nitrogen and oxygen atoms in total. The van der Waals surface area contributed by atoms with Crippen LogP contribution in [0.1, 0.15) is 36.1 Å². The highest BCUT2D eigenvalue weighted by molar-refractivity contribution is 5.89. The molecule has 168 valence electrons. The molecule has 1 aromatic carbocycles. The summed E-state index contributed by atoms with van der Waals surface area (Å²) in [5.74, 6) is 0.507. The van der Waals surface area contributed by atoms with E-state index in [1.54, 1.807) is 6.07 Å². The number of piperidine rings is 1. The number of hydrogen-bond acceptors (Lipinski definition) is 4. The molecule has 3 rings (SSSR count). The van der Waals surface area contributed by atoms with Crippen LogP contribution in [0, 0.1) is 0 Å². The van der Waals surface area contributed by atoms with Crippen molar-refractivity contribution in [1.82, 2.24) is 15.3 Å². The Morgan fingerprint density at radius 1 is 0.968 bits per heavy atom. The van der Waals surface area contributed by atoms with E-state index >= 15 is 0 Å². The van der Waals surface area contributed by atoms with Crippen LogP contribution >= 0.6 is 0 Å². The predicted octanol–water partition coefficient (Wildman–Crippen LogP) is 4.83. The molecule has 2 N–H and O–H groups in total. The summed E-state index contributed by atoms with van der Waals surface area (Å²) in [6.45, 7) is 1.54. The number of benzene rings is 1. The van der Waals surface area contributed by atoms with Crippen LogP contribution in [0.4, 0.5) is 42.8 Å². The second kappa shape index (κ2) is 8.98. The molecule has 0 spiro atoms. The second-order valence-electron chi connectivity index (χ2n) is 7.00. The van der Waals surface area contributed by atoms with Gasteiger partial charge in [0.05, 0.1) is 23.4 Å². The fourth-order valence-corrected chi connectivity index (χ4v) is 3.10. The summed E-state index contributed by atoms with van der Waals surface area (Å²) in [6, 6.07) is 1.46. The molecule has 0 saturated carbocycles. The molecule has 2 amide bonds. The first-order valence-corrected chi connectivity index (χ1v) is 9.43. The molecule has 1 aromatic heterocycles. The van der Waals surface area contributed by atoms with Crippen LogP contribution in [0.15, 0.2) is 30.5 Å². The molecule has 1 aliphatic heterocycles. The van der Waals surface area contributed by atoms with Crippen molar-refractivity contribution >= 4 is 17.7 Å². The number of carbonyl (C=O) groups excluding carboxylic acids is 1. The molecule has 31 heavy (non-hydrogen) atoms.